The Morgan fingerprint density at radius 2 is 1.64 bits per heavy atom. The minimum absolute atomic E-state index is 0.0968. The summed E-state index contributed by atoms with van der Waals surface area (Å²) in [6.45, 7) is -0.938. The van der Waals surface area contributed by atoms with E-state index < -0.39 is 42.0 Å². The van der Waals surface area contributed by atoms with E-state index in [2.05, 4.69) is 4.98 Å². The van der Waals surface area contributed by atoms with Crippen LogP contribution in [0.15, 0.2) is 82.5 Å². The zero-order valence-electron chi connectivity index (χ0n) is 17.8. The van der Waals surface area contributed by atoms with Gasteiger partial charge in [-0.1, -0.05) is 60.7 Å². The summed E-state index contributed by atoms with van der Waals surface area (Å²) in [7, 11) is 0. The second-order valence-electron chi connectivity index (χ2n) is 7.91. The molecule has 0 amide bonds. The van der Waals surface area contributed by atoms with Crippen LogP contribution in [0.5, 0.6) is 0 Å². The number of hydrogen-bond donors (Lipinski definition) is 2. The molecule has 9 heteroatoms. The van der Waals surface area contributed by atoms with Gasteiger partial charge in [0, 0.05) is 12.3 Å². The summed E-state index contributed by atoms with van der Waals surface area (Å²) in [5.41, 5.74) is -1.33. The van der Waals surface area contributed by atoms with Crippen LogP contribution in [0.2, 0.25) is 0 Å². The van der Waals surface area contributed by atoms with Gasteiger partial charge in [-0.15, -0.1) is 0 Å². The third-order valence-corrected chi connectivity index (χ3v) is 5.56. The zero-order chi connectivity index (χ0) is 23.3. The van der Waals surface area contributed by atoms with Crippen LogP contribution in [0.1, 0.15) is 17.4 Å². The molecule has 2 aromatic carbocycles. The summed E-state index contributed by atoms with van der Waals surface area (Å²) in [4.78, 5) is 25.9. The van der Waals surface area contributed by atoms with Gasteiger partial charge >= 0.3 is 5.69 Å². The Balaban J connectivity index is 1.59. The molecular formula is C24H25FN2O6. The lowest BCUT2D eigenvalue weighted by atomic mass is 9.97. The maximum atomic E-state index is 14.5. The smallest absolute Gasteiger partial charge is 0.330 e. The molecule has 174 valence electrons. The molecule has 1 fully saturated rings. The van der Waals surface area contributed by atoms with Gasteiger partial charge in [-0.05, 0) is 11.1 Å². The van der Waals surface area contributed by atoms with Crippen molar-refractivity contribution in [3.63, 3.8) is 0 Å². The quantitative estimate of drug-likeness (QED) is 0.510. The van der Waals surface area contributed by atoms with Gasteiger partial charge in [0.15, 0.2) is 11.8 Å². The number of benzene rings is 2. The number of nitrogens with zero attached hydrogens (tertiary/aromatic N) is 1. The fourth-order valence-electron chi connectivity index (χ4n) is 3.88. The standard InChI is InChI=1S/C24H25FN2O6/c25-15-24(16-31-13-17-7-3-1-4-8-17)21(32-14-18-9-5-2-6-10-18)20(29)22(33-24)27-12-11-19(28)26-23(27)30/h1-12,20-22,29H,13-16H2,(H,26,28,30). The van der Waals surface area contributed by atoms with E-state index in [1.165, 1.54) is 6.20 Å². The highest BCUT2D eigenvalue weighted by molar-refractivity contribution is 5.15. The number of alkyl halides is 1. The van der Waals surface area contributed by atoms with Crippen molar-refractivity contribution in [1.82, 2.24) is 9.55 Å². The van der Waals surface area contributed by atoms with Crippen LogP contribution in [0, 0.1) is 0 Å². The van der Waals surface area contributed by atoms with Crippen LogP contribution < -0.4 is 11.2 Å². The molecule has 8 nitrogen and oxygen atoms in total. The molecule has 1 aromatic heterocycles. The van der Waals surface area contributed by atoms with Gasteiger partial charge in [0.2, 0.25) is 0 Å². The van der Waals surface area contributed by atoms with Gasteiger partial charge in [-0.25, -0.2) is 9.18 Å². The molecule has 0 saturated carbocycles. The van der Waals surface area contributed by atoms with E-state index in [1.807, 2.05) is 60.7 Å². The number of aliphatic hydroxyl groups is 1. The van der Waals surface area contributed by atoms with E-state index in [0.29, 0.717) is 0 Å². The Labute approximate surface area is 189 Å². The Kier molecular flexibility index (Phi) is 7.14. The Morgan fingerprint density at radius 3 is 2.24 bits per heavy atom. The molecule has 1 aliphatic heterocycles. The molecule has 0 spiro atoms. The van der Waals surface area contributed by atoms with Crippen molar-refractivity contribution in [1.29, 1.82) is 0 Å². The number of rotatable bonds is 9. The monoisotopic (exact) mass is 456 g/mol. The average molecular weight is 456 g/mol. The second kappa shape index (κ2) is 10.2. The van der Waals surface area contributed by atoms with Gasteiger partial charge in [-0.3, -0.25) is 14.3 Å². The van der Waals surface area contributed by atoms with Crippen LogP contribution in [0.25, 0.3) is 0 Å². The molecule has 4 rings (SSSR count). The fourth-order valence-corrected chi connectivity index (χ4v) is 3.88. The molecule has 3 aromatic rings. The van der Waals surface area contributed by atoms with E-state index >= 15 is 0 Å². The van der Waals surface area contributed by atoms with Gasteiger partial charge in [0.1, 0.15) is 18.9 Å². The third-order valence-electron chi connectivity index (χ3n) is 5.56. The topological polar surface area (TPSA) is 103 Å². The fraction of sp³-hybridized carbons (Fsp3) is 0.333. The van der Waals surface area contributed by atoms with E-state index in [9.17, 15) is 19.1 Å². The van der Waals surface area contributed by atoms with Crippen LogP contribution in [-0.2, 0) is 27.4 Å². The molecular weight excluding hydrogens is 431 g/mol. The SMILES string of the molecule is O=c1ccn(C2OC(CF)(COCc3ccccc3)C(OCc3ccccc3)C2O)c(=O)[nH]1. The van der Waals surface area contributed by atoms with Crippen molar-refractivity contribution in [3.8, 4) is 0 Å². The largest absolute Gasteiger partial charge is 0.386 e. The Morgan fingerprint density at radius 1 is 1.00 bits per heavy atom. The molecule has 0 aliphatic carbocycles. The van der Waals surface area contributed by atoms with Gasteiger partial charge in [0.25, 0.3) is 5.56 Å². The van der Waals surface area contributed by atoms with Crippen molar-refractivity contribution in [2.24, 2.45) is 0 Å². The first kappa shape index (κ1) is 23.1. The summed E-state index contributed by atoms with van der Waals surface area (Å²) < 4.78 is 33.2. The third kappa shape index (κ3) is 5.12. The maximum Gasteiger partial charge on any atom is 0.330 e. The molecule has 4 atom stereocenters. The van der Waals surface area contributed by atoms with Crippen molar-refractivity contribution < 1.29 is 23.7 Å². The Hall–Kier alpha value is -3.11. The molecule has 1 saturated heterocycles. The number of aromatic nitrogens is 2. The number of aliphatic hydroxyl groups excluding tert-OH is 1. The first-order valence-electron chi connectivity index (χ1n) is 10.5. The van der Waals surface area contributed by atoms with E-state index in [1.54, 1.807) is 0 Å². The van der Waals surface area contributed by atoms with E-state index in [4.69, 9.17) is 14.2 Å². The van der Waals surface area contributed by atoms with Crippen LogP contribution in [0.3, 0.4) is 0 Å². The number of aromatic amines is 1. The molecule has 33 heavy (non-hydrogen) atoms. The van der Waals surface area contributed by atoms with E-state index in [0.717, 1.165) is 21.8 Å². The lowest BCUT2D eigenvalue weighted by molar-refractivity contribution is -0.165. The normalized spacial score (nSPS) is 24.7. The number of halogens is 1. The Bertz CT molecular complexity index is 1150. The average Bonchev–Trinajstić information content (AvgIpc) is 3.10. The van der Waals surface area contributed by atoms with Crippen molar-refractivity contribution >= 4 is 0 Å². The van der Waals surface area contributed by atoms with Gasteiger partial charge < -0.3 is 19.3 Å². The van der Waals surface area contributed by atoms with Crippen molar-refractivity contribution in [2.45, 2.75) is 37.3 Å². The molecule has 1 aliphatic rings. The van der Waals surface area contributed by atoms with Gasteiger partial charge in [0.05, 0.1) is 19.8 Å². The summed E-state index contributed by atoms with van der Waals surface area (Å²) in [6, 6.07) is 19.7. The number of hydrogen-bond acceptors (Lipinski definition) is 6. The maximum absolute atomic E-state index is 14.5. The summed E-state index contributed by atoms with van der Waals surface area (Å²) in [6.07, 6.45) is -2.61. The number of ether oxygens (including phenoxy) is 3. The summed E-state index contributed by atoms with van der Waals surface area (Å²) >= 11 is 0. The van der Waals surface area contributed by atoms with Crippen molar-refractivity contribution in [2.75, 3.05) is 13.3 Å². The minimum atomic E-state index is -1.66. The summed E-state index contributed by atoms with van der Waals surface area (Å²) in [5, 5.41) is 11.0. The first-order valence-corrected chi connectivity index (χ1v) is 10.5. The minimum Gasteiger partial charge on any atom is -0.386 e. The predicted molar refractivity (Wildman–Crippen MR) is 117 cm³/mol. The highest BCUT2D eigenvalue weighted by Gasteiger charge is 2.57. The zero-order valence-corrected chi connectivity index (χ0v) is 17.8. The van der Waals surface area contributed by atoms with Gasteiger partial charge in [-0.2, -0.15) is 0 Å². The highest BCUT2D eigenvalue weighted by Crippen LogP contribution is 2.40. The van der Waals surface area contributed by atoms with Crippen LogP contribution in [0.4, 0.5) is 4.39 Å². The number of H-pyrrole nitrogens is 1. The molecule has 2 N–H and O–H groups in total. The van der Waals surface area contributed by atoms with Crippen LogP contribution >= 0.6 is 0 Å². The molecule has 0 radical (unpaired) electrons. The lowest BCUT2D eigenvalue weighted by Crippen LogP contribution is -2.50. The first-order chi connectivity index (χ1) is 16.0. The van der Waals surface area contributed by atoms with Crippen molar-refractivity contribution in [3.05, 3.63) is 105 Å². The predicted octanol–water partition coefficient (Wildman–Crippen LogP) is 1.94. The number of nitrogens with one attached hydrogen (secondary N) is 1. The second-order valence-corrected chi connectivity index (χ2v) is 7.91. The van der Waals surface area contributed by atoms with Crippen LogP contribution in [-0.4, -0.2) is 45.7 Å². The highest BCUT2D eigenvalue weighted by atomic mass is 19.1. The summed E-state index contributed by atoms with van der Waals surface area (Å²) in [5.74, 6) is 0. The lowest BCUT2D eigenvalue weighted by Gasteiger charge is -2.31. The molecule has 4 unspecified atom stereocenters. The van der Waals surface area contributed by atoms with E-state index in [-0.39, 0.29) is 19.8 Å². The molecule has 0 bridgehead atoms. The molecule has 2 heterocycles.